The van der Waals surface area contributed by atoms with E-state index in [0.29, 0.717) is 15.7 Å². The van der Waals surface area contributed by atoms with Crippen LogP contribution in [0.4, 0.5) is 11.4 Å². The smallest absolute Gasteiger partial charge is 0.252 e. The molecule has 0 aromatic heterocycles. The number of rotatable bonds is 4. The molecule has 0 bridgehead atoms. The lowest BCUT2D eigenvalue weighted by atomic mass is 10.2. The Bertz CT molecular complexity index is 962. The van der Waals surface area contributed by atoms with Crippen molar-refractivity contribution in [3.05, 3.63) is 58.6 Å². The van der Waals surface area contributed by atoms with E-state index in [0.717, 1.165) is 5.69 Å². The normalized spacial score (nSPS) is 16.4. The summed E-state index contributed by atoms with van der Waals surface area (Å²) in [7, 11) is 0. The number of para-hydroxylation sites is 1. The quantitative estimate of drug-likeness (QED) is 0.450. The van der Waals surface area contributed by atoms with Gasteiger partial charge in [0.25, 0.3) is 5.91 Å². The van der Waals surface area contributed by atoms with E-state index in [1.807, 2.05) is 30.3 Å². The first kappa shape index (κ1) is 19.7. The molecule has 0 radical (unpaired) electrons. The Morgan fingerprint density at radius 2 is 1.86 bits per heavy atom. The Kier molecular flexibility index (Phi) is 6.13. The molecular weight excluding hydrogens is 403 g/mol. The summed E-state index contributed by atoms with van der Waals surface area (Å²) >= 11 is 11.8. The molecule has 10 heteroatoms. The predicted molar refractivity (Wildman–Crippen MR) is 111 cm³/mol. The molecule has 3 rings (SSSR count). The van der Waals surface area contributed by atoms with Crippen molar-refractivity contribution in [2.24, 2.45) is 15.7 Å². The van der Waals surface area contributed by atoms with Crippen LogP contribution in [0.1, 0.15) is 6.42 Å². The van der Waals surface area contributed by atoms with Crippen LogP contribution in [-0.2, 0) is 9.59 Å². The van der Waals surface area contributed by atoms with E-state index in [4.69, 9.17) is 28.9 Å². The second kappa shape index (κ2) is 8.73. The molecule has 1 aliphatic heterocycles. The van der Waals surface area contributed by atoms with Gasteiger partial charge in [-0.2, -0.15) is 4.99 Å². The molecule has 28 heavy (non-hydrogen) atoms. The number of carbonyl (C=O) groups is 2. The molecule has 144 valence electrons. The fourth-order valence-corrected chi connectivity index (χ4v) is 2.70. The third-order valence-corrected chi connectivity index (χ3v) is 4.41. The van der Waals surface area contributed by atoms with E-state index in [9.17, 15) is 9.59 Å². The number of hydrogen-bond acceptors (Lipinski definition) is 4. The number of nitrogens with one attached hydrogen (secondary N) is 3. The van der Waals surface area contributed by atoms with Crippen molar-refractivity contribution in [1.82, 2.24) is 5.32 Å². The molecular formula is C18H16Cl2N6O2. The molecule has 5 N–H and O–H groups in total. The fraction of sp³-hybridized carbons (Fsp3) is 0.111. The minimum Gasteiger partial charge on any atom is -0.369 e. The predicted octanol–water partition coefficient (Wildman–Crippen LogP) is 2.60. The van der Waals surface area contributed by atoms with Gasteiger partial charge in [-0.1, -0.05) is 41.4 Å². The zero-order valence-corrected chi connectivity index (χ0v) is 16.0. The molecule has 0 saturated heterocycles. The van der Waals surface area contributed by atoms with Crippen molar-refractivity contribution >= 4 is 58.3 Å². The van der Waals surface area contributed by atoms with Gasteiger partial charge in [0.05, 0.1) is 16.5 Å². The molecule has 2 aromatic rings. The van der Waals surface area contributed by atoms with Crippen LogP contribution in [-0.4, -0.2) is 29.8 Å². The number of guanidine groups is 2. The zero-order chi connectivity index (χ0) is 20.1. The van der Waals surface area contributed by atoms with Gasteiger partial charge >= 0.3 is 0 Å². The summed E-state index contributed by atoms with van der Waals surface area (Å²) in [5, 5.41) is 8.70. The zero-order valence-electron chi connectivity index (χ0n) is 14.4. The minimum atomic E-state index is -0.897. The summed E-state index contributed by atoms with van der Waals surface area (Å²) in [6.07, 6.45) is -0.156. The third kappa shape index (κ3) is 5.21. The first-order valence-corrected chi connectivity index (χ1v) is 8.96. The van der Waals surface area contributed by atoms with E-state index >= 15 is 0 Å². The van der Waals surface area contributed by atoms with Gasteiger partial charge in [0.1, 0.15) is 6.04 Å². The van der Waals surface area contributed by atoms with Crippen LogP contribution < -0.4 is 21.7 Å². The summed E-state index contributed by atoms with van der Waals surface area (Å²) < 4.78 is 0. The fourth-order valence-electron chi connectivity index (χ4n) is 2.40. The molecule has 0 saturated carbocycles. The highest BCUT2D eigenvalue weighted by Crippen LogP contribution is 2.25. The van der Waals surface area contributed by atoms with Crippen molar-refractivity contribution in [3.8, 4) is 0 Å². The number of benzene rings is 2. The summed E-state index contributed by atoms with van der Waals surface area (Å²) in [4.78, 5) is 32.3. The number of aliphatic imine (C=N–C) groups is 2. The Hall–Kier alpha value is -3.10. The number of halogens is 2. The maximum absolute atomic E-state index is 12.2. The van der Waals surface area contributed by atoms with Crippen LogP contribution in [0.5, 0.6) is 0 Å². The van der Waals surface area contributed by atoms with Crippen molar-refractivity contribution in [2.75, 3.05) is 10.6 Å². The van der Waals surface area contributed by atoms with Crippen molar-refractivity contribution in [2.45, 2.75) is 12.5 Å². The van der Waals surface area contributed by atoms with E-state index in [-0.39, 0.29) is 18.3 Å². The average Bonchev–Trinajstić information content (AvgIpc) is 2.97. The Balaban J connectivity index is 1.60. The maximum Gasteiger partial charge on any atom is 0.252 e. The molecule has 2 amide bonds. The summed E-state index contributed by atoms with van der Waals surface area (Å²) in [6, 6.07) is 13.0. The molecule has 8 nitrogen and oxygen atoms in total. The number of anilines is 2. The number of nitrogens with two attached hydrogens (primary N) is 1. The second-order valence-corrected chi connectivity index (χ2v) is 6.64. The Morgan fingerprint density at radius 3 is 2.57 bits per heavy atom. The SMILES string of the molecule is NC(=NC1=N[C@H](CC(=O)Nc2ccc(Cl)c(Cl)c2)C(=O)N1)Nc1ccccc1. The van der Waals surface area contributed by atoms with E-state index < -0.39 is 17.9 Å². The number of carbonyl (C=O) groups excluding carboxylic acids is 2. The van der Waals surface area contributed by atoms with E-state index in [2.05, 4.69) is 25.9 Å². The molecule has 1 aliphatic rings. The van der Waals surface area contributed by atoms with Gasteiger partial charge in [0.15, 0.2) is 0 Å². The first-order chi connectivity index (χ1) is 13.4. The minimum absolute atomic E-state index is 0.0401. The topological polar surface area (TPSA) is 121 Å². The van der Waals surface area contributed by atoms with Gasteiger partial charge in [0, 0.05) is 11.4 Å². The van der Waals surface area contributed by atoms with Crippen molar-refractivity contribution in [1.29, 1.82) is 0 Å². The molecule has 1 atom stereocenters. The second-order valence-electron chi connectivity index (χ2n) is 5.83. The molecule has 1 heterocycles. The summed E-state index contributed by atoms with van der Waals surface area (Å²) in [5.74, 6) is -0.733. The molecule has 0 aliphatic carbocycles. The van der Waals surface area contributed by atoms with E-state index in [1.165, 1.54) is 6.07 Å². The van der Waals surface area contributed by atoms with Gasteiger partial charge in [-0.15, -0.1) is 0 Å². The van der Waals surface area contributed by atoms with Gasteiger partial charge in [-0.3, -0.25) is 14.9 Å². The Morgan fingerprint density at radius 1 is 1.11 bits per heavy atom. The van der Waals surface area contributed by atoms with E-state index in [1.54, 1.807) is 12.1 Å². The van der Waals surface area contributed by atoms with Gasteiger partial charge in [-0.25, -0.2) is 4.99 Å². The highest BCUT2D eigenvalue weighted by Gasteiger charge is 2.28. The molecule has 2 aromatic carbocycles. The van der Waals surface area contributed by atoms with Crippen molar-refractivity contribution in [3.63, 3.8) is 0 Å². The van der Waals surface area contributed by atoms with Gasteiger partial charge < -0.3 is 16.4 Å². The van der Waals surface area contributed by atoms with Crippen LogP contribution in [0, 0.1) is 0 Å². The molecule has 0 fully saturated rings. The lowest BCUT2D eigenvalue weighted by Gasteiger charge is -2.07. The van der Waals surface area contributed by atoms with Crippen LogP contribution in [0.15, 0.2) is 58.5 Å². The van der Waals surface area contributed by atoms with Gasteiger partial charge in [-0.05, 0) is 30.3 Å². The third-order valence-electron chi connectivity index (χ3n) is 3.67. The maximum atomic E-state index is 12.2. The van der Waals surface area contributed by atoms with Crippen LogP contribution in [0.2, 0.25) is 10.0 Å². The highest BCUT2D eigenvalue weighted by atomic mass is 35.5. The van der Waals surface area contributed by atoms with Crippen LogP contribution in [0.25, 0.3) is 0 Å². The number of nitrogens with zero attached hydrogens (tertiary/aromatic N) is 2. The monoisotopic (exact) mass is 418 g/mol. The first-order valence-electron chi connectivity index (χ1n) is 8.20. The van der Waals surface area contributed by atoms with Crippen LogP contribution in [0.3, 0.4) is 0 Å². The highest BCUT2D eigenvalue weighted by molar-refractivity contribution is 6.42. The standard InChI is InChI=1S/C18H16Cl2N6O2/c19-12-7-6-11(8-13(12)20)22-15(27)9-14-16(28)25-18(24-14)26-17(21)23-10-4-2-1-3-5-10/h1-8,14H,9H2,(H,22,27)(H4,21,23,24,25,26,28)/t14-/m1/s1. The summed E-state index contributed by atoms with van der Waals surface area (Å²) in [5.41, 5.74) is 7.02. The largest absolute Gasteiger partial charge is 0.369 e. The van der Waals surface area contributed by atoms with Crippen LogP contribution >= 0.6 is 23.2 Å². The average molecular weight is 419 g/mol. The molecule has 0 spiro atoms. The number of hydrogen-bond donors (Lipinski definition) is 4. The lowest BCUT2D eigenvalue weighted by molar-refractivity contribution is -0.123. The lowest BCUT2D eigenvalue weighted by Crippen LogP contribution is -2.32. The van der Waals surface area contributed by atoms with Gasteiger partial charge in [0.2, 0.25) is 17.8 Å². The Labute approximate surface area is 170 Å². The van der Waals surface area contributed by atoms with Crippen molar-refractivity contribution < 1.29 is 9.59 Å². The molecule has 0 unspecified atom stereocenters. The summed E-state index contributed by atoms with van der Waals surface area (Å²) in [6.45, 7) is 0. The number of amides is 2.